The third-order valence-corrected chi connectivity index (χ3v) is 8.60. The zero-order valence-electron chi connectivity index (χ0n) is 24.7. The van der Waals surface area contributed by atoms with Gasteiger partial charge in [-0.05, 0) is 92.7 Å². The molecule has 206 valence electrons. The van der Waals surface area contributed by atoms with Gasteiger partial charge in [0.25, 0.3) is 0 Å². The van der Waals surface area contributed by atoms with E-state index in [9.17, 15) is 0 Å². The molecule has 0 N–H and O–H groups in total. The SMILES string of the molecule is C/C=C/CCCCc1ccc(C#Cc2ccc(CCC3CCC(CCCCCCCCC)CC3)cc2)cc1. The summed E-state index contributed by atoms with van der Waals surface area (Å²) in [6.45, 7) is 4.40. The number of hydrogen-bond donors (Lipinski definition) is 0. The van der Waals surface area contributed by atoms with Crippen molar-refractivity contribution >= 4 is 0 Å². The molecule has 0 heteroatoms. The van der Waals surface area contributed by atoms with Crippen LogP contribution in [0.5, 0.6) is 0 Å². The molecule has 2 aromatic carbocycles. The number of benzene rings is 2. The Kier molecular flexibility index (Phi) is 15.1. The van der Waals surface area contributed by atoms with Gasteiger partial charge in [-0.1, -0.05) is 132 Å². The van der Waals surface area contributed by atoms with Gasteiger partial charge in [-0.3, -0.25) is 0 Å². The second-order valence-corrected chi connectivity index (χ2v) is 11.8. The number of hydrogen-bond acceptors (Lipinski definition) is 0. The van der Waals surface area contributed by atoms with Crippen molar-refractivity contribution in [2.24, 2.45) is 11.8 Å². The van der Waals surface area contributed by atoms with Gasteiger partial charge in [-0.15, -0.1) is 0 Å². The standard InChI is InChI=1S/C38H54/c1-3-5-7-9-10-12-14-16-34-19-23-36(24-20-34)26-28-38-31-29-37(30-32-38)27-25-35-21-17-33(18-22-35)15-13-11-8-6-4-2/h4,6,17-18,21-22,29-32,34,36H,3,5,7-16,19-20,23-24,26,28H2,1-2H3/b6-4+. The monoisotopic (exact) mass is 510 g/mol. The lowest BCUT2D eigenvalue weighted by Gasteiger charge is -2.28. The first-order valence-electron chi connectivity index (χ1n) is 16.1. The first kappa shape index (κ1) is 30.3. The van der Waals surface area contributed by atoms with Gasteiger partial charge in [-0.2, -0.15) is 0 Å². The van der Waals surface area contributed by atoms with Gasteiger partial charge < -0.3 is 0 Å². The summed E-state index contributed by atoms with van der Waals surface area (Å²) in [7, 11) is 0. The van der Waals surface area contributed by atoms with E-state index in [0.29, 0.717) is 0 Å². The molecule has 0 nitrogen and oxygen atoms in total. The topological polar surface area (TPSA) is 0 Å². The molecule has 2 aromatic rings. The van der Waals surface area contributed by atoms with Crippen LogP contribution in [0.4, 0.5) is 0 Å². The molecule has 0 aliphatic heterocycles. The third kappa shape index (κ3) is 12.5. The van der Waals surface area contributed by atoms with Crippen LogP contribution in [-0.4, -0.2) is 0 Å². The Labute approximate surface area is 235 Å². The lowest BCUT2D eigenvalue weighted by molar-refractivity contribution is 0.248. The smallest absolute Gasteiger partial charge is 0.0249 e. The average molecular weight is 511 g/mol. The van der Waals surface area contributed by atoms with Crippen molar-refractivity contribution in [3.63, 3.8) is 0 Å². The van der Waals surface area contributed by atoms with Gasteiger partial charge in [0.2, 0.25) is 0 Å². The second-order valence-electron chi connectivity index (χ2n) is 11.8. The quantitative estimate of drug-likeness (QED) is 0.120. The van der Waals surface area contributed by atoms with E-state index in [1.807, 2.05) is 0 Å². The van der Waals surface area contributed by atoms with E-state index < -0.39 is 0 Å². The summed E-state index contributed by atoms with van der Waals surface area (Å²) in [6, 6.07) is 17.8. The fraction of sp³-hybridized carbons (Fsp3) is 0.579. The molecule has 0 amide bonds. The summed E-state index contributed by atoms with van der Waals surface area (Å²) >= 11 is 0. The Morgan fingerprint density at radius 3 is 1.71 bits per heavy atom. The lowest BCUT2D eigenvalue weighted by atomic mass is 9.77. The van der Waals surface area contributed by atoms with Crippen molar-refractivity contribution in [1.82, 2.24) is 0 Å². The lowest BCUT2D eigenvalue weighted by Crippen LogP contribution is -2.15. The molecular weight excluding hydrogens is 456 g/mol. The maximum absolute atomic E-state index is 3.36. The van der Waals surface area contributed by atoms with Crippen molar-refractivity contribution in [2.45, 2.75) is 129 Å². The van der Waals surface area contributed by atoms with E-state index in [4.69, 9.17) is 0 Å². The third-order valence-electron chi connectivity index (χ3n) is 8.60. The minimum absolute atomic E-state index is 0.941. The zero-order chi connectivity index (χ0) is 26.7. The van der Waals surface area contributed by atoms with Crippen LogP contribution in [0.3, 0.4) is 0 Å². The van der Waals surface area contributed by atoms with Gasteiger partial charge in [0.15, 0.2) is 0 Å². The van der Waals surface area contributed by atoms with Crippen molar-refractivity contribution < 1.29 is 0 Å². The van der Waals surface area contributed by atoms with Crippen LogP contribution < -0.4 is 0 Å². The van der Waals surface area contributed by atoms with Crippen LogP contribution in [-0.2, 0) is 12.8 Å². The Morgan fingerprint density at radius 2 is 1.13 bits per heavy atom. The van der Waals surface area contributed by atoms with Crippen molar-refractivity contribution in [1.29, 1.82) is 0 Å². The summed E-state index contributed by atoms with van der Waals surface area (Å²) in [5.74, 6) is 8.67. The molecule has 1 fully saturated rings. The first-order chi connectivity index (χ1) is 18.8. The fourth-order valence-corrected chi connectivity index (χ4v) is 5.98. The van der Waals surface area contributed by atoms with E-state index in [1.54, 1.807) is 0 Å². The number of aryl methyl sites for hydroxylation is 2. The first-order valence-corrected chi connectivity index (χ1v) is 16.1. The summed E-state index contributed by atoms with van der Waals surface area (Å²) in [4.78, 5) is 0. The maximum atomic E-state index is 3.36. The highest BCUT2D eigenvalue weighted by Gasteiger charge is 2.20. The summed E-state index contributed by atoms with van der Waals surface area (Å²) in [5.41, 5.74) is 5.11. The fourth-order valence-electron chi connectivity index (χ4n) is 5.98. The number of allylic oxidation sites excluding steroid dienone is 2. The average Bonchev–Trinajstić information content (AvgIpc) is 2.96. The molecule has 1 saturated carbocycles. The molecule has 0 unspecified atom stereocenters. The highest BCUT2D eigenvalue weighted by molar-refractivity contribution is 5.44. The van der Waals surface area contributed by atoms with Crippen LogP contribution in [0.15, 0.2) is 60.7 Å². The Balaban J connectivity index is 1.30. The van der Waals surface area contributed by atoms with Gasteiger partial charge in [0.05, 0.1) is 0 Å². The molecule has 0 aromatic heterocycles. The summed E-state index contributed by atoms with van der Waals surface area (Å²) in [6.07, 6.45) is 29.3. The van der Waals surface area contributed by atoms with Crippen molar-refractivity contribution in [2.75, 3.05) is 0 Å². The van der Waals surface area contributed by atoms with E-state index in [1.165, 1.54) is 120 Å². The predicted molar refractivity (Wildman–Crippen MR) is 168 cm³/mol. The largest absolute Gasteiger partial charge is 0.0917 e. The van der Waals surface area contributed by atoms with Gasteiger partial charge in [0, 0.05) is 11.1 Å². The molecule has 38 heavy (non-hydrogen) atoms. The molecule has 0 atom stereocenters. The predicted octanol–water partition coefficient (Wildman–Crippen LogP) is 11.3. The molecule has 3 rings (SSSR count). The zero-order valence-corrected chi connectivity index (χ0v) is 24.7. The minimum atomic E-state index is 0.941. The van der Waals surface area contributed by atoms with Crippen LogP contribution in [0.2, 0.25) is 0 Å². The highest BCUT2D eigenvalue weighted by Crippen LogP contribution is 2.34. The maximum Gasteiger partial charge on any atom is 0.0249 e. The van der Waals surface area contributed by atoms with Crippen LogP contribution >= 0.6 is 0 Å². The highest BCUT2D eigenvalue weighted by atomic mass is 14.3. The van der Waals surface area contributed by atoms with E-state index in [2.05, 4.69) is 86.4 Å². The Bertz CT molecular complexity index is 942. The molecule has 0 spiro atoms. The molecular formula is C38H54. The molecule has 0 bridgehead atoms. The summed E-state index contributed by atoms with van der Waals surface area (Å²) in [5, 5.41) is 0. The van der Waals surface area contributed by atoms with E-state index >= 15 is 0 Å². The van der Waals surface area contributed by atoms with Crippen molar-refractivity contribution in [3.8, 4) is 11.8 Å². The molecule has 0 saturated heterocycles. The second kappa shape index (κ2) is 18.9. The molecule has 1 aliphatic carbocycles. The number of rotatable bonds is 16. The number of unbranched alkanes of at least 4 members (excludes halogenated alkanes) is 8. The Hall–Kier alpha value is -2.26. The van der Waals surface area contributed by atoms with Gasteiger partial charge in [0.1, 0.15) is 0 Å². The Morgan fingerprint density at radius 1 is 0.605 bits per heavy atom. The van der Waals surface area contributed by atoms with E-state index in [-0.39, 0.29) is 0 Å². The minimum Gasteiger partial charge on any atom is -0.0917 e. The summed E-state index contributed by atoms with van der Waals surface area (Å²) < 4.78 is 0. The van der Waals surface area contributed by atoms with E-state index in [0.717, 1.165) is 29.4 Å². The van der Waals surface area contributed by atoms with Crippen LogP contribution in [0.25, 0.3) is 0 Å². The molecule has 1 aliphatic rings. The normalized spacial score (nSPS) is 17.4. The molecule has 0 heterocycles. The van der Waals surface area contributed by atoms with Gasteiger partial charge >= 0.3 is 0 Å². The van der Waals surface area contributed by atoms with Crippen LogP contribution in [0, 0.1) is 23.7 Å². The molecule has 0 radical (unpaired) electrons. The van der Waals surface area contributed by atoms with Gasteiger partial charge in [-0.25, -0.2) is 0 Å². The van der Waals surface area contributed by atoms with Crippen LogP contribution in [0.1, 0.15) is 139 Å². The van der Waals surface area contributed by atoms with Crippen molar-refractivity contribution in [3.05, 3.63) is 82.9 Å².